The molecule has 0 spiro atoms. The number of hydrogen-bond donors (Lipinski definition) is 1. The van der Waals surface area contributed by atoms with Crippen LogP contribution in [0.15, 0.2) is 47.4 Å². The lowest BCUT2D eigenvalue weighted by atomic mass is 10.2. The third-order valence-electron chi connectivity index (χ3n) is 3.32. The van der Waals surface area contributed by atoms with Crippen molar-refractivity contribution in [3.63, 3.8) is 0 Å². The van der Waals surface area contributed by atoms with Gasteiger partial charge in [0.25, 0.3) is 0 Å². The zero-order chi connectivity index (χ0) is 16.2. The summed E-state index contributed by atoms with van der Waals surface area (Å²) in [6.07, 6.45) is 0. The van der Waals surface area contributed by atoms with Crippen molar-refractivity contribution in [1.82, 2.24) is 4.72 Å². The van der Waals surface area contributed by atoms with Gasteiger partial charge < -0.3 is 9.47 Å². The Morgan fingerprint density at radius 3 is 2.32 bits per heavy atom. The number of nitrogens with one attached hydrogen (secondary N) is 1. The smallest absolute Gasteiger partial charge is 0.240 e. The maximum Gasteiger partial charge on any atom is 0.240 e. The van der Waals surface area contributed by atoms with Crippen molar-refractivity contribution in [2.24, 2.45) is 0 Å². The summed E-state index contributed by atoms with van der Waals surface area (Å²) in [6.45, 7) is 1.97. The molecule has 0 bridgehead atoms. The highest BCUT2D eigenvalue weighted by Crippen LogP contribution is 2.22. The van der Waals surface area contributed by atoms with E-state index in [0.717, 1.165) is 11.1 Å². The zero-order valence-electron chi connectivity index (χ0n) is 12.8. The van der Waals surface area contributed by atoms with Gasteiger partial charge in [0.05, 0.1) is 19.1 Å². The van der Waals surface area contributed by atoms with E-state index >= 15 is 0 Å². The van der Waals surface area contributed by atoms with Crippen LogP contribution in [0.1, 0.15) is 11.1 Å². The molecule has 5 nitrogen and oxygen atoms in total. The molecule has 0 aromatic heterocycles. The number of aryl methyl sites for hydroxylation is 1. The summed E-state index contributed by atoms with van der Waals surface area (Å²) >= 11 is 0. The van der Waals surface area contributed by atoms with Gasteiger partial charge >= 0.3 is 0 Å². The van der Waals surface area contributed by atoms with Crippen molar-refractivity contribution in [2.45, 2.75) is 18.4 Å². The quantitative estimate of drug-likeness (QED) is 0.888. The Morgan fingerprint density at radius 1 is 1.00 bits per heavy atom. The molecular formula is C16H19NO4S. The number of rotatable bonds is 6. The molecule has 1 N–H and O–H groups in total. The summed E-state index contributed by atoms with van der Waals surface area (Å²) in [7, 11) is -0.484. The summed E-state index contributed by atoms with van der Waals surface area (Å²) in [5.74, 6) is 1.31. The average Bonchev–Trinajstić information content (AvgIpc) is 2.53. The van der Waals surface area contributed by atoms with Crippen LogP contribution in [0.25, 0.3) is 0 Å². The molecule has 6 heteroatoms. The summed E-state index contributed by atoms with van der Waals surface area (Å²) in [4.78, 5) is 0.209. The molecule has 0 radical (unpaired) electrons. The molecule has 0 heterocycles. The Morgan fingerprint density at radius 2 is 1.68 bits per heavy atom. The molecule has 0 aliphatic heterocycles. The molecule has 0 amide bonds. The first-order chi connectivity index (χ1) is 10.5. The second-order valence-electron chi connectivity index (χ2n) is 4.77. The molecular weight excluding hydrogens is 302 g/mol. The van der Waals surface area contributed by atoms with Gasteiger partial charge in [0.2, 0.25) is 10.0 Å². The van der Waals surface area contributed by atoms with E-state index < -0.39 is 10.0 Å². The normalized spacial score (nSPS) is 11.2. The van der Waals surface area contributed by atoms with Gasteiger partial charge in [-0.2, -0.15) is 0 Å². The van der Waals surface area contributed by atoms with Gasteiger partial charge in [0, 0.05) is 12.1 Å². The molecule has 2 rings (SSSR count). The Bertz CT molecular complexity index is 756. The van der Waals surface area contributed by atoms with Crippen LogP contribution < -0.4 is 14.2 Å². The molecule has 0 saturated carbocycles. The van der Waals surface area contributed by atoms with Crippen LogP contribution in [0.5, 0.6) is 11.5 Å². The molecule has 2 aromatic rings. The van der Waals surface area contributed by atoms with E-state index in [-0.39, 0.29) is 11.4 Å². The highest BCUT2D eigenvalue weighted by molar-refractivity contribution is 7.89. The topological polar surface area (TPSA) is 64.6 Å². The molecule has 0 aliphatic carbocycles. The van der Waals surface area contributed by atoms with Crippen molar-refractivity contribution in [1.29, 1.82) is 0 Å². The zero-order valence-corrected chi connectivity index (χ0v) is 13.6. The maximum absolute atomic E-state index is 12.4. The lowest BCUT2D eigenvalue weighted by molar-refractivity contribution is 0.409. The molecule has 2 aromatic carbocycles. The molecule has 0 saturated heterocycles. The summed E-state index contributed by atoms with van der Waals surface area (Å²) < 4.78 is 37.7. The number of ether oxygens (including phenoxy) is 2. The largest absolute Gasteiger partial charge is 0.496 e. The van der Waals surface area contributed by atoms with Gasteiger partial charge in [-0.1, -0.05) is 18.2 Å². The highest BCUT2D eigenvalue weighted by Gasteiger charge is 2.16. The van der Waals surface area contributed by atoms with Crippen LogP contribution in [-0.2, 0) is 16.6 Å². The van der Waals surface area contributed by atoms with E-state index in [0.29, 0.717) is 11.5 Å². The lowest BCUT2D eigenvalue weighted by Crippen LogP contribution is -2.23. The number of para-hydroxylation sites is 1. The van der Waals surface area contributed by atoms with Crippen molar-refractivity contribution in [3.8, 4) is 11.5 Å². The van der Waals surface area contributed by atoms with Crippen LogP contribution in [0.4, 0.5) is 0 Å². The second-order valence-corrected chi connectivity index (χ2v) is 6.53. The monoisotopic (exact) mass is 321 g/mol. The standard InChI is InChI=1S/C16H19NO4S/c1-12-10-14(8-9-15(12)20-2)22(18,19)17-11-13-6-4-5-7-16(13)21-3/h4-10,17H,11H2,1-3H3. The van der Waals surface area contributed by atoms with E-state index in [1.54, 1.807) is 39.3 Å². The molecule has 0 fully saturated rings. The van der Waals surface area contributed by atoms with Crippen LogP contribution in [0.3, 0.4) is 0 Å². The first-order valence-corrected chi connectivity index (χ1v) is 8.22. The van der Waals surface area contributed by atoms with Gasteiger partial charge in [-0.25, -0.2) is 13.1 Å². The van der Waals surface area contributed by atoms with E-state index in [1.165, 1.54) is 6.07 Å². The highest BCUT2D eigenvalue weighted by atomic mass is 32.2. The average molecular weight is 321 g/mol. The van der Waals surface area contributed by atoms with Crippen molar-refractivity contribution in [2.75, 3.05) is 14.2 Å². The predicted octanol–water partition coefficient (Wildman–Crippen LogP) is 2.49. The fourth-order valence-corrected chi connectivity index (χ4v) is 3.21. The number of sulfonamides is 1. The van der Waals surface area contributed by atoms with Crippen LogP contribution in [0, 0.1) is 6.92 Å². The van der Waals surface area contributed by atoms with E-state index in [4.69, 9.17) is 9.47 Å². The molecule has 22 heavy (non-hydrogen) atoms. The van der Waals surface area contributed by atoms with Crippen molar-refractivity contribution >= 4 is 10.0 Å². The van der Waals surface area contributed by atoms with Gasteiger partial charge in [-0.3, -0.25) is 0 Å². The fourth-order valence-electron chi connectivity index (χ4n) is 2.12. The minimum absolute atomic E-state index is 0.164. The number of benzene rings is 2. The molecule has 0 unspecified atom stereocenters. The molecule has 0 atom stereocenters. The van der Waals surface area contributed by atoms with Gasteiger partial charge in [0.1, 0.15) is 11.5 Å². The third kappa shape index (κ3) is 3.58. The van der Waals surface area contributed by atoms with Crippen LogP contribution in [0.2, 0.25) is 0 Å². The minimum atomic E-state index is -3.59. The SMILES string of the molecule is COc1ccc(S(=O)(=O)NCc2ccccc2OC)cc1C. The summed E-state index contributed by atoms with van der Waals surface area (Å²) in [5, 5.41) is 0. The van der Waals surface area contributed by atoms with Gasteiger partial charge in [-0.05, 0) is 36.8 Å². The predicted molar refractivity (Wildman–Crippen MR) is 84.8 cm³/mol. The Hall–Kier alpha value is -2.05. The Labute approximate surface area is 130 Å². The first-order valence-electron chi connectivity index (χ1n) is 6.74. The Balaban J connectivity index is 2.19. The maximum atomic E-state index is 12.4. The summed E-state index contributed by atoms with van der Waals surface area (Å²) in [6, 6.07) is 12.0. The van der Waals surface area contributed by atoms with Gasteiger partial charge in [-0.15, -0.1) is 0 Å². The van der Waals surface area contributed by atoms with Crippen LogP contribution in [-0.4, -0.2) is 22.6 Å². The second kappa shape index (κ2) is 6.81. The van der Waals surface area contributed by atoms with E-state index in [9.17, 15) is 8.42 Å². The fraction of sp³-hybridized carbons (Fsp3) is 0.250. The first kappa shape index (κ1) is 16.3. The molecule has 0 aliphatic rings. The van der Waals surface area contributed by atoms with Gasteiger partial charge in [0.15, 0.2) is 0 Å². The number of methoxy groups -OCH3 is 2. The minimum Gasteiger partial charge on any atom is -0.496 e. The summed E-state index contributed by atoms with van der Waals surface area (Å²) in [5.41, 5.74) is 1.54. The third-order valence-corrected chi connectivity index (χ3v) is 4.72. The Kier molecular flexibility index (Phi) is 5.05. The van der Waals surface area contributed by atoms with Crippen LogP contribution >= 0.6 is 0 Å². The molecule has 118 valence electrons. The van der Waals surface area contributed by atoms with E-state index in [1.807, 2.05) is 18.2 Å². The van der Waals surface area contributed by atoms with Crippen molar-refractivity contribution < 1.29 is 17.9 Å². The van der Waals surface area contributed by atoms with Crippen molar-refractivity contribution in [3.05, 3.63) is 53.6 Å². The number of hydrogen-bond acceptors (Lipinski definition) is 4. The van der Waals surface area contributed by atoms with E-state index in [2.05, 4.69) is 4.72 Å². The lowest BCUT2D eigenvalue weighted by Gasteiger charge is -2.11.